The minimum Gasteiger partial charge on any atom is -0.365 e. The largest absolute Gasteiger partial charge is 0.365 e. The summed E-state index contributed by atoms with van der Waals surface area (Å²) in [6, 6.07) is 5.11. The molecule has 4 nitrogen and oxygen atoms in total. The summed E-state index contributed by atoms with van der Waals surface area (Å²) < 4.78 is 0. The second-order valence-electron chi connectivity index (χ2n) is 4.73. The number of fused-ring (bicyclic) bond motifs is 1. The normalized spacial score (nSPS) is 17.3. The standard InChI is InChI=1S/C12H15N2O2/c1-4-13-8-12(2,3)10-6-5-9(14(15)16)7-11(10)13/h4-7H,8H2,1-3H3. The topological polar surface area (TPSA) is 46.4 Å². The highest BCUT2D eigenvalue weighted by Crippen LogP contribution is 2.42. The minimum atomic E-state index is -0.348. The first kappa shape index (κ1) is 10.9. The molecule has 0 saturated heterocycles. The smallest absolute Gasteiger partial charge is 0.271 e. The number of rotatable bonds is 2. The third-order valence-corrected chi connectivity index (χ3v) is 3.11. The lowest BCUT2D eigenvalue weighted by Gasteiger charge is -2.20. The molecule has 0 atom stereocenters. The first-order valence-corrected chi connectivity index (χ1v) is 5.31. The predicted octanol–water partition coefficient (Wildman–Crippen LogP) is 2.87. The van der Waals surface area contributed by atoms with Crippen LogP contribution in [0, 0.1) is 16.7 Å². The minimum absolute atomic E-state index is 0.0526. The molecular formula is C12H15N2O2. The van der Waals surface area contributed by atoms with Gasteiger partial charge >= 0.3 is 0 Å². The second-order valence-corrected chi connectivity index (χ2v) is 4.73. The average Bonchev–Trinajstić information content (AvgIpc) is 2.50. The van der Waals surface area contributed by atoms with E-state index in [0.717, 1.165) is 12.2 Å². The number of hydrogen-bond acceptors (Lipinski definition) is 3. The van der Waals surface area contributed by atoms with Gasteiger partial charge in [-0.25, -0.2) is 0 Å². The van der Waals surface area contributed by atoms with E-state index < -0.39 is 0 Å². The molecule has 0 saturated carbocycles. The van der Waals surface area contributed by atoms with Gasteiger partial charge in [0, 0.05) is 36.3 Å². The summed E-state index contributed by atoms with van der Waals surface area (Å²) in [5.74, 6) is 0. The number of nitro groups is 1. The Kier molecular flexibility index (Phi) is 2.37. The molecule has 1 aliphatic rings. The van der Waals surface area contributed by atoms with Gasteiger partial charge in [0.1, 0.15) is 0 Å². The summed E-state index contributed by atoms with van der Waals surface area (Å²) in [6.07, 6.45) is 0. The summed E-state index contributed by atoms with van der Waals surface area (Å²) in [5, 5.41) is 10.7. The Bertz CT molecular complexity index is 441. The van der Waals surface area contributed by atoms with Crippen molar-refractivity contribution in [1.82, 2.24) is 0 Å². The highest BCUT2D eigenvalue weighted by Gasteiger charge is 2.35. The van der Waals surface area contributed by atoms with E-state index in [9.17, 15) is 10.1 Å². The van der Waals surface area contributed by atoms with E-state index in [4.69, 9.17) is 0 Å². The van der Waals surface area contributed by atoms with Gasteiger partial charge in [-0.1, -0.05) is 13.8 Å². The number of anilines is 1. The Labute approximate surface area is 95.0 Å². The second kappa shape index (κ2) is 3.47. The fourth-order valence-corrected chi connectivity index (χ4v) is 2.27. The summed E-state index contributed by atoms with van der Waals surface area (Å²) >= 11 is 0. The number of benzene rings is 1. The van der Waals surface area contributed by atoms with E-state index in [1.54, 1.807) is 12.1 Å². The molecule has 0 N–H and O–H groups in total. The van der Waals surface area contributed by atoms with Crippen molar-refractivity contribution in [2.45, 2.75) is 26.2 Å². The molecule has 0 spiro atoms. The van der Waals surface area contributed by atoms with Crippen LogP contribution in [0.25, 0.3) is 0 Å². The van der Waals surface area contributed by atoms with Crippen LogP contribution in [0.3, 0.4) is 0 Å². The van der Waals surface area contributed by atoms with Gasteiger partial charge in [0.05, 0.1) is 4.92 Å². The van der Waals surface area contributed by atoms with Crippen LogP contribution in [0.1, 0.15) is 26.3 Å². The maximum Gasteiger partial charge on any atom is 0.271 e. The Morgan fingerprint density at radius 3 is 2.75 bits per heavy atom. The molecule has 0 amide bonds. The molecule has 0 aliphatic carbocycles. The maximum absolute atomic E-state index is 10.7. The van der Waals surface area contributed by atoms with Crippen molar-refractivity contribution >= 4 is 11.4 Å². The van der Waals surface area contributed by atoms with E-state index in [-0.39, 0.29) is 16.0 Å². The van der Waals surface area contributed by atoms with Gasteiger partial charge in [-0.2, -0.15) is 0 Å². The van der Waals surface area contributed by atoms with Crippen LogP contribution in [0.4, 0.5) is 11.4 Å². The molecular weight excluding hydrogens is 204 g/mol. The predicted molar refractivity (Wildman–Crippen MR) is 63.4 cm³/mol. The average molecular weight is 219 g/mol. The molecule has 1 aromatic carbocycles. The fraction of sp³-hybridized carbons (Fsp3) is 0.417. The van der Waals surface area contributed by atoms with Crippen molar-refractivity contribution in [2.75, 3.05) is 11.4 Å². The molecule has 0 unspecified atom stereocenters. The first-order chi connectivity index (χ1) is 7.45. The SMILES string of the molecule is C[CH]N1CC(C)(C)c2ccc([N+](=O)[O-])cc21. The molecule has 1 aliphatic heterocycles. The van der Waals surface area contributed by atoms with Crippen molar-refractivity contribution < 1.29 is 4.92 Å². The lowest BCUT2D eigenvalue weighted by atomic mass is 9.87. The monoisotopic (exact) mass is 219 g/mol. The van der Waals surface area contributed by atoms with Gasteiger partial charge in [0.2, 0.25) is 0 Å². The van der Waals surface area contributed by atoms with Crippen LogP contribution in [0.5, 0.6) is 0 Å². The van der Waals surface area contributed by atoms with Gasteiger partial charge in [-0.15, -0.1) is 0 Å². The lowest BCUT2D eigenvalue weighted by Crippen LogP contribution is -2.25. The molecule has 4 heteroatoms. The van der Waals surface area contributed by atoms with Crippen LogP contribution < -0.4 is 4.90 Å². The Morgan fingerprint density at radius 1 is 1.50 bits per heavy atom. The maximum atomic E-state index is 10.7. The van der Waals surface area contributed by atoms with Gasteiger partial charge in [0.15, 0.2) is 0 Å². The molecule has 1 heterocycles. The summed E-state index contributed by atoms with van der Waals surface area (Å²) in [5.41, 5.74) is 2.35. The van der Waals surface area contributed by atoms with E-state index in [1.807, 2.05) is 19.5 Å². The van der Waals surface area contributed by atoms with Gasteiger partial charge in [0.25, 0.3) is 5.69 Å². The highest BCUT2D eigenvalue weighted by molar-refractivity contribution is 5.66. The molecule has 85 valence electrons. The van der Waals surface area contributed by atoms with Crippen molar-refractivity contribution in [3.05, 3.63) is 40.4 Å². The molecule has 1 aromatic rings. The quantitative estimate of drug-likeness (QED) is 0.567. The molecule has 0 aromatic heterocycles. The molecule has 0 bridgehead atoms. The van der Waals surface area contributed by atoms with Gasteiger partial charge in [-0.05, 0) is 18.6 Å². The van der Waals surface area contributed by atoms with Crippen LogP contribution in [-0.2, 0) is 5.41 Å². The van der Waals surface area contributed by atoms with Crippen LogP contribution in [0.2, 0.25) is 0 Å². The zero-order valence-corrected chi connectivity index (χ0v) is 9.73. The van der Waals surface area contributed by atoms with Crippen LogP contribution in [-0.4, -0.2) is 11.5 Å². The number of non-ortho nitro benzene ring substituents is 1. The molecule has 16 heavy (non-hydrogen) atoms. The summed E-state index contributed by atoms with van der Waals surface area (Å²) in [4.78, 5) is 12.5. The Morgan fingerprint density at radius 2 is 2.19 bits per heavy atom. The first-order valence-electron chi connectivity index (χ1n) is 5.31. The number of hydrogen-bond donors (Lipinski definition) is 0. The zero-order valence-electron chi connectivity index (χ0n) is 9.73. The summed E-state index contributed by atoms with van der Waals surface area (Å²) in [7, 11) is 0. The van der Waals surface area contributed by atoms with E-state index >= 15 is 0 Å². The van der Waals surface area contributed by atoms with Crippen LogP contribution >= 0.6 is 0 Å². The van der Waals surface area contributed by atoms with E-state index in [2.05, 4.69) is 18.7 Å². The van der Waals surface area contributed by atoms with Gasteiger partial charge in [-0.3, -0.25) is 10.1 Å². The van der Waals surface area contributed by atoms with Crippen LogP contribution in [0.15, 0.2) is 18.2 Å². The highest BCUT2D eigenvalue weighted by atomic mass is 16.6. The van der Waals surface area contributed by atoms with Crippen molar-refractivity contribution in [3.63, 3.8) is 0 Å². The lowest BCUT2D eigenvalue weighted by molar-refractivity contribution is -0.384. The van der Waals surface area contributed by atoms with Crippen molar-refractivity contribution in [2.24, 2.45) is 0 Å². The zero-order chi connectivity index (χ0) is 11.9. The third-order valence-electron chi connectivity index (χ3n) is 3.11. The Hall–Kier alpha value is -1.58. The van der Waals surface area contributed by atoms with Crippen molar-refractivity contribution in [3.8, 4) is 0 Å². The van der Waals surface area contributed by atoms with E-state index in [0.29, 0.717) is 0 Å². The molecule has 0 fully saturated rings. The third kappa shape index (κ3) is 1.54. The van der Waals surface area contributed by atoms with Gasteiger partial charge < -0.3 is 4.90 Å². The molecule has 1 radical (unpaired) electrons. The summed E-state index contributed by atoms with van der Waals surface area (Å²) in [6.45, 7) is 9.10. The Balaban J connectivity index is 2.53. The molecule has 2 rings (SSSR count). The van der Waals surface area contributed by atoms with Crippen molar-refractivity contribution in [1.29, 1.82) is 0 Å². The van der Waals surface area contributed by atoms with E-state index in [1.165, 1.54) is 5.56 Å². The fourth-order valence-electron chi connectivity index (χ4n) is 2.27. The number of nitro benzene ring substituents is 1. The number of nitrogens with zero attached hydrogens (tertiary/aromatic N) is 2.